The average molecular weight is 139 g/mol. The first-order valence-electron chi connectivity index (χ1n) is 2.68. The SMILES string of the molecule is C[CH]C(C)(C)C(F)(F)F. The molecule has 0 aromatic carbocycles. The molecule has 0 rings (SSSR count). The van der Waals surface area contributed by atoms with E-state index in [2.05, 4.69) is 0 Å². The Morgan fingerprint density at radius 1 is 1.11 bits per heavy atom. The summed E-state index contributed by atoms with van der Waals surface area (Å²) in [6, 6.07) is 0. The van der Waals surface area contributed by atoms with Crippen molar-refractivity contribution in [3.05, 3.63) is 6.42 Å². The summed E-state index contributed by atoms with van der Waals surface area (Å²) in [5.41, 5.74) is -1.65. The minimum absolute atomic E-state index is 1.15. The van der Waals surface area contributed by atoms with E-state index in [1.807, 2.05) is 0 Å². The van der Waals surface area contributed by atoms with Crippen molar-refractivity contribution < 1.29 is 13.2 Å². The van der Waals surface area contributed by atoms with Crippen molar-refractivity contribution in [2.24, 2.45) is 5.41 Å². The highest BCUT2D eigenvalue weighted by atomic mass is 19.4. The van der Waals surface area contributed by atoms with Crippen LogP contribution in [0.4, 0.5) is 13.2 Å². The largest absolute Gasteiger partial charge is 0.394 e. The summed E-state index contributed by atoms with van der Waals surface area (Å²) in [5, 5.41) is 0. The van der Waals surface area contributed by atoms with Gasteiger partial charge in [-0.05, 0) is 6.42 Å². The third-order valence-electron chi connectivity index (χ3n) is 1.45. The Bertz CT molecular complexity index is 91.0. The van der Waals surface area contributed by atoms with Gasteiger partial charge in [0.2, 0.25) is 0 Å². The molecule has 0 N–H and O–H groups in total. The predicted molar refractivity (Wildman–Crippen MR) is 29.8 cm³/mol. The Balaban J connectivity index is 4.14. The molecular weight excluding hydrogens is 129 g/mol. The quantitative estimate of drug-likeness (QED) is 0.524. The van der Waals surface area contributed by atoms with Crippen LogP contribution in [-0.2, 0) is 0 Å². The molecule has 0 saturated heterocycles. The van der Waals surface area contributed by atoms with Gasteiger partial charge in [0.1, 0.15) is 0 Å². The molecule has 0 aromatic rings. The molecule has 0 nitrogen and oxygen atoms in total. The Kier molecular flexibility index (Phi) is 2.14. The van der Waals surface area contributed by atoms with Crippen molar-refractivity contribution in [3.63, 3.8) is 0 Å². The molecule has 0 heterocycles. The molecule has 0 bridgehead atoms. The number of hydrogen-bond acceptors (Lipinski definition) is 0. The summed E-state index contributed by atoms with van der Waals surface area (Å²) in [4.78, 5) is 0. The van der Waals surface area contributed by atoms with Gasteiger partial charge in [-0.15, -0.1) is 0 Å². The van der Waals surface area contributed by atoms with Gasteiger partial charge < -0.3 is 0 Å². The summed E-state index contributed by atoms with van der Waals surface area (Å²) >= 11 is 0. The Morgan fingerprint density at radius 2 is 1.44 bits per heavy atom. The van der Waals surface area contributed by atoms with Gasteiger partial charge in [0.05, 0.1) is 5.41 Å². The highest BCUT2D eigenvalue weighted by molar-refractivity contribution is 4.87. The van der Waals surface area contributed by atoms with Gasteiger partial charge in [-0.25, -0.2) is 0 Å². The zero-order valence-corrected chi connectivity index (χ0v) is 5.71. The fraction of sp³-hybridized carbons (Fsp3) is 0.833. The van der Waals surface area contributed by atoms with Crippen LogP contribution >= 0.6 is 0 Å². The van der Waals surface area contributed by atoms with E-state index >= 15 is 0 Å². The molecule has 9 heavy (non-hydrogen) atoms. The lowest BCUT2D eigenvalue weighted by Crippen LogP contribution is -2.31. The number of alkyl halides is 3. The second-order valence-corrected chi connectivity index (χ2v) is 2.51. The minimum atomic E-state index is -4.11. The molecule has 0 aromatic heterocycles. The van der Waals surface area contributed by atoms with Gasteiger partial charge in [0, 0.05) is 0 Å². The monoisotopic (exact) mass is 139 g/mol. The van der Waals surface area contributed by atoms with Crippen molar-refractivity contribution in [2.45, 2.75) is 26.9 Å². The summed E-state index contributed by atoms with van der Waals surface area (Å²) in [6.07, 6.45) is -2.96. The molecule has 0 atom stereocenters. The van der Waals surface area contributed by atoms with Crippen LogP contribution in [0.3, 0.4) is 0 Å². The Labute approximate surface area is 53.1 Å². The van der Waals surface area contributed by atoms with Crippen molar-refractivity contribution in [2.75, 3.05) is 0 Å². The van der Waals surface area contributed by atoms with Gasteiger partial charge >= 0.3 is 6.18 Å². The molecule has 1 radical (unpaired) electrons. The lowest BCUT2D eigenvalue weighted by atomic mass is 9.90. The van der Waals surface area contributed by atoms with E-state index in [1.54, 1.807) is 0 Å². The average Bonchev–Trinajstić information content (AvgIpc) is 1.64. The standard InChI is InChI=1S/C6H10F3/c1-4-5(2,3)6(7,8)9/h4H,1-3H3. The topological polar surface area (TPSA) is 0 Å². The van der Waals surface area contributed by atoms with E-state index in [1.165, 1.54) is 6.92 Å². The lowest BCUT2D eigenvalue weighted by molar-refractivity contribution is -0.199. The van der Waals surface area contributed by atoms with Crippen LogP contribution < -0.4 is 0 Å². The third kappa shape index (κ3) is 1.88. The minimum Gasteiger partial charge on any atom is -0.171 e. The van der Waals surface area contributed by atoms with Crippen molar-refractivity contribution in [1.82, 2.24) is 0 Å². The summed E-state index contributed by atoms with van der Waals surface area (Å²) in [6.45, 7) is 3.70. The summed E-state index contributed by atoms with van der Waals surface area (Å²) in [7, 11) is 0. The van der Waals surface area contributed by atoms with E-state index in [0.29, 0.717) is 0 Å². The second kappa shape index (κ2) is 2.20. The van der Waals surface area contributed by atoms with Crippen molar-refractivity contribution in [3.8, 4) is 0 Å². The highest BCUT2D eigenvalue weighted by Crippen LogP contribution is 2.39. The third-order valence-corrected chi connectivity index (χ3v) is 1.45. The van der Waals surface area contributed by atoms with E-state index in [9.17, 15) is 13.2 Å². The molecule has 3 heteroatoms. The maximum absolute atomic E-state index is 11.8. The first kappa shape index (κ1) is 8.79. The van der Waals surface area contributed by atoms with Gasteiger partial charge in [0.25, 0.3) is 0 Å². The van der Waals surface area contributed by atoms with Gasteiger partial charge in [-0.3, -0.25) is 0 Å². The molecule has 0 unspecified atom stereocenters. The number of hydrogen-bond donors (Lipinski definition) is 0. The van der Waals surface area contributed by atoms with E-state index in [4.69, 9.17) is 0 Å². The molecule has 0 aliphatic heterocycles. The molecular formula is C6H10F3. The summed E-state index contributed by atoms with van der Waals surface area (Å²) in [5.74, 6) is 0. The highest BCUT2D eigenvalue weighted by Gasteiger charge is 2.45. The molecule has 55 valence electrons. The Hall–Kier alpha value is -0.210. The maximum atomic E-state index is 11.8. The van der Waals surface area contributed by atoms with Crippen LogP contribution in [0, 0.1) is 11.8 Å². The number of halogens is 3. The zero-order chi connectivity index (χ0) is 7.71. The zero-order valence-electron chi connectivity index (χ0n) is 5.71. The fourth-order valence-electron chi connectivity index (χ4n) is 0.164. The normalized spacial score (nSPS) is 14.0. The molecule has 0 aliphatic rings. The van der Waals surface area contributed by atoms with E-state index < -0.39 is 11.6 Å². The first-order valence-corrected chi connectivity index (χ1v) is 2.68. The van der Waals surface area contributed by atoms with Crippen LogP contribution in [0.15, 0.2) is 0 Å². The maximum Gasteiger partial charge on any atom is 0.394 e. The van der Waals surface area contributed by atoms with E-state index in [-0.39, 0.29) is 0 Å². The Morgan fingerprint density at radius 3 is 1.44 bits per heavy atom. The van der Waals surface area contributed by atoms with Crippen molar-refractivity contribution in [1.29, 1.82) is 0 Å². The lowest BCUT2D eigenvalue weighted by Gasteiger charge is -2.25. The molecule has 0 aliphatic carbocycles. The van der Waals surface area contributed by atoms with Crippen LogP contribution in [0.25, 0.3) is 0 Å². The van der Waals surface area contributed by atoms with Crippen LogP contribution in [0.1, 0.15) is 20.8 Å². The molecule has 0 fully saturated rings. The smallest absolute Gasteiger partial charge is 0.171 e. The molecule has 0 spiro atoms. The van der Waals surface area contributed by atoms with Gasteiger partial charge in [-0.1, -0.05) is 20.8 Å². The van der Waals surface area contributed by atoms with Crippen LogP contribution in [0.5, 0.6) is 0 Å². The first-order chi connectivity index (χ1) is 3.81. The molecule has 0 saturated carbocycles. The van der Waals surface area contributed by atoms with Crippen molar-refractivity contribution >= 4 is 0 Å². The number of rotatable bonds is 1. The van der Waals surface area contributed by atoms with Crippen LogP contribution in [-0.4, -0.2) is 6.18 Å². The van der Waals surface area contributed by atoms with Gasteiger partial charge in [-0.2, -0.15) is 13.2 Å². The predicted octanol–water partition coefficient (Wildman–Crippen LogP) is 2.80. The second-order valence-electron chi connectivity index (χ2n) is 2.51. The fourth-order valence-corrected chi connectivity index (χ4v) is 0.164. The van der Waals surface area contributed by atoms with E-state index in [0.717, 1.165) is 20.3 Å². The molecule has 0 amide bonds. The summed E-state index contributed by atoms with van der Waals surface area (Å²) < 4.78 is 35.4. The van der Waals surface area contributed by atoms with Crippen LogP contribution in [0.2, 0.25) is 0 Å². The van der Waals surface area contributed by atoms with Gasteiger partial charge in [0.15, 0.2) is 0 Å².